The number of carbonyl (C=O) groups is 2. The molecule has 1 amide bonds. The second-order valence-corrected chi connectivity index (χ2v) is 8.42. The second-order valence-electron chi connectivity index (χ2n) is 8.42. The molecule has 1 aromatic carbocycles. The number of benzene rings is 1. The minimum Gasteiger partial charge on any atom is -0.507 e. The Morgan fingerprint density at radius 1 is 1.13 bits per heavy atom. The summed E-state index contributed by atoms with van der Waals surface area (Å²) in [5.74, 6) is -0.949. The summed E-state index contributed by atoms with van der Waals surface area (Å²) in [5, 5.41) is 11.4. The number of hydrogen-bond donors (Lipinski definition) is 1. The molecule has 6 heteroatoms. The molecule has 1 atom stereocenters. The van der Waals surface area contributed by atoms with Gasteiger partial charge in [0.2, 0.25) is 0 Å². The number of aromatic nitrogens is 1. The first kappa shape index (κ1) is 21.1. The fourth-order valence-electron chi connectivity index (χ4n) is 4.96. The number of rotatable bonds is 4. The minimum absolute atomic E-state index is 0.0383. The number of hydrogen-bond acceptors (Lipinski definition) is 5. The van der Waals surface area contributed by atoms with Gasteiger partial charge in [-0.1, -0.05) is 31.4 Å². The summed E-state index contributed by atoms with van der Waals surface area (Å²) in [6, 6.07) is 8.41. The van der Waals surface area contributed by atoms with Crippen LogP contribution in [0.3, 0.4) is 0 Å². The summed E-state index contributed by atoms with van der Waals surface area (Å²) < 4.78 is 5.54. The summed E-state index contributed by atoms with van der Waals surface area (Å²) in [5.41, 5.74) is 2.85. The Morgan fingerprint density at radius 2 is 1.87 bits per heavy atom. The van der Waals surface area contributed by atoms with Crippen molar-refractivity contribution in [3.8, 4) is 5.75 Å². The number of Topliss-reactive ketones (excluding diaryl/α,β-unsaturated/α-hetero) is 1. The number of carbonyl (C=O) groups excluding carboxylic acids is 2. The smallest absolute Gasteiger partial charge is 0.295 e. The Bertz CT molecular complexity index is 1040. The third-order valence-corrected chi connectivity index (χ3v) is 6.29. The quantitative estimate of drug-likeness (QED) is 0.449. The van der Waals surface area contributed by atoms with Gasteiger partial charge >= 0.3 is 0 Å². The van der Waals surface area contributed by atoms with Crippen molar-refractivity contribution in [3.63, 3.8) is 0 Å². The van der Waals surface area contributed by atoms with E-state index in [0.29, 0.717) is 17.0 Å². The molecule has 1 saturated carbocycles. The molecule has 2 heterocycles. The average Bonchev–Trinajstić information content (AvgIpc) is 3.04. The van der Waals surface area contributed by atoms with E-state index in [1.54, 1.807) is 29.3 Å². The number of ketones is 1. The van der Waals surface area contributed by atoms with Gasteiger partial charge in [-0.15, -0.1) is 0 Å². The van der Waals surface area contributed by atoms with Crippen LogP contribution in [0.1, 0.15) is 60.5 Å². The molecule has 1 aliphatic carbocycles. The molecule has 0 radical (unpaired) electrons. The van der Waals surface area contributed by atoms with E-state index in [9.17, 15) is 14.7 Å². The molecule has 31 heavy (non-hydrogen) atoms. The number of ether oxygens (including phenoxy) is 1. The summed E-state index contributed by atoms with van der Waals surface area (Å²) in [7, 11) is 1.53. The van der Waals surface area contributed by atoms with Crippen LogP contribution in [0.25, 0.3) is 5.76 Å². The number of aliphatic hydroxyl groups is 1. The first-order valence-corrected chi connectivity index (χ1v) is 10.8. The molecule has 1 unspecified atom stereocenters. The van der Waals surface area contributed by atoms with E-state index < -0.39 is 17.7 Å². The second kappa shape index (κ2) is 8.53. The Hall–Kier alpha value is -3.15. The number of likely N-dealkylation sites (tertiary alicyclic amines) is 1. The van der Waals surface area contributed by atoms with Crippen LogP contribution in [0.15, 0.2) is 42.1 Å². The average molecular weight is 421 g/mol. The topological polar surface area (TPSA) is 79.7 Å². The monoisotopic (exact) mass is 420 g/mol. The van der Waals surface area contributed by atoms with Crippen molar-refractivity contribution in [2.24, 2.45) is 0 Å². The van der Waals surface area contributed by atoms with Crippen molar-refractivity contribution in [3.05, 3.63) is 64.5 Å². The van der Waals surface area contributed by atoms with E-state index in [0.717, 1.165) is 43.2 Å². The SMILES string of the molecule is COc1c(C)cc(C)cc1/C(O)=C1\C(=O)C(=O)N(C2CCCCC2)C1c1ccccn1. The standard InChI is InChI=1S/C25H28N2O4/c1-15-13-16(2)24(31-3)18(14-15)22(28)20-21(19-11-7-8-12-26-19)27(25(30)23(20)29)17-9-5-4-6-10-17/h7-8,11-14,17,21,28H,4-6,9-10H2,1-3H3/b22-20+. The zero-order valence-electron chi connectivity index (χ0n) is 18.2. The van der Waals surface area contributed by atoms with Crippen LogP contribution in [0.2, 0.25) is 0 Å². The van der Waals surface area contributed by atoms with Gasteiger partial charge in [-0.3, -0.25) is 14.6 Å². The predicted molar refractivity (Wildman–Crippen MR) is 118 cm³/mol. The molecule has 0 spiro atoms. The van der Waals surface area contributed by atoms with Crippen LogP contribution in [-0.2, 0) is 9.59 Å². The van der Waals surface area contributed by atoms with E-state index in [4.69, 9.17) is 4.74 Å². The molecule has 6 nitrogen and oxygen atoms in total. The summed E-state index contributed by atoms with van der Waals surface area (Å²) >= 11 is 0. The van der Waals surface area contributed by atoms with E-state index >= 15 is 0 Å². The maximum absolute atomic E-state index is 13.2. The highest BCUT2D eigenvalue weighted by Crippen LogP contribution is 2.43. The third kappa shape index (κ3) is 3.71. The molecule has 2 fully saturated rings. The fourth-order valence-corrected chi connectivity index (χ4v) is 4.96. The molecule has 1 N–H and O–H groups in total. The number of amides is 1. The minimum atomic E-state index is -0.713. The number of pyridine rings is 1. The molecule has 1 saturated heterocycles. The molecule has 0 bridgehead atoms. The zero-order valence-corrected chi connectivity index (χ0v) is 18.2. The zero-order chi connectivity index (χ0) is 22.1. The maximum Gasteiger partial charge on any atom is 0.295 e. The van der Waals surface area contributed by atoms with Crippen molar-refractivity contribution in [1.29, 1.82) is 0 Å². The van der Waals surface area contributed by atoms with Crippen molar-refractivity contribution in [1.82, 2.24) is 9.88 Å². The first-order chi connectivity index (χ1) is 14.9. The van der Waals surface area contributed by atoms with Crippen LogP contribution in [0, 0.1) is 13.8 Å². The molecular formula is C25H28N2O4. The Morgan fingerprint density at radius 3 is 2.52 bits per heavy atom. The Labute approximate surface area is 182 Å². The lowest BCUT2D eigenvalue weighted by Gasteiger charge is -2.35. The van der Waals surface area contributed by atoms with Gasteiger partial charge in [0.25, 0.3) is 11.7 Å². The number of methoxy groups -OCH3 is 1. The highest BCUT2D eigenvalue weighted by atomic mass is 16.5. The van der Waals surface area contributed by atoms with Gasteiger partial charge in [-0.25, -0.2) is 0 Å². The molecular weight excluding hydrogens is 392 g/mol. The van der Waals surface area contributed by atoms with Gasteiger partial charge in [-0.2, -0.15) is 0 Å². The molecule has 2 aromatic rings. The van der Waals surface area contributed by atoms with Crippen LogP contribution in [-0.4, -0.2) is 39.8 Å². The third-order valence-electron chi connectivity index (χ3n) is 6.29. The van der Waals surface area contributed by atoms with Gasteiger partial charge in [0.1, 0.15) is 17.6 Å². The Balaban J connectivity index is 1.93. The molecule has 2 aliphatic rings. The highest BCUT2D eigenvalue weighted by molar-refractivity contribution is 6.46. The van der Waals surface area contributed by atoms with E-state index in [-0.39, 0.29) is 17.4 Å². The summed E-state index contributed by atoms with van der Waals surface area (Å²) in [4.78, 5) is 32.6. The number of aryl methyl sites for hydroxylation is 2. The van der Waals surface area contributed by atoms with Crippen LogP contribution in [0.5, 0.6) is 5.75 Å². The molecule has 1 aromatic heterocycles. The highest BCUT2D eigenvalue weighted by Gasteiger charge is 2.49. The molecule has 1 aliphatic heterocycles. The van der Waals surface area contributed by atoms with Crippen molar-refractivity contribution >= 4 is 17.4 Å². The van der Waals surface area contributed by atoms with E-state index in [2.05, 4.69) is 4.98 Å². The van der Waals surface area contributed by atoms with Gasteiger partial charge in [0, 0.05) is 12.2 Å². The summed E-state index contributed by atoms with van der Waals surface area (Å²) in [6.07, 6.45) is 6.52. The largest absolute Gasteiger partial charge is 0.507 e. The van der Waals surface area contributed by atoms with Gasteiger partial charge in [-0.05, 0) is 56.0 Å². The van der Waals surface area contributed by atoms with Gasteiger partial charge < -0.3 is 14.7 Å². The van der Waals surface area contributed by atoms with E-state index in [1.807, 2.05) is 26.0 Å². The fraction of sp³-hybridized carbons (Fsp3) is 0.400. The number of nitrogens with zero attached hydrogens (tertiary/aromatic N) is 2. The first-order valence-electron chi connectivity index (χ1n) is 10.8. The van der Waals surface area contributed by atoms with Crippen LogP contribution < -0.4 is 4.74 Å². The van der Waals surface area contributed by atoms with Crippen molar-refractivity contribution in [2.75, 3.05) is 7.11 Å². The van der Waals surface area contributed by atoms with Gasteiger partial charge in [0.15, 0.2) is 0 Å². The lowest BCUT2D eigenvalue weighted by molar-refractivity contribution is -0.141. The lowest BCUT2D eigenvalue weighted by Crippen LogP contribution is -2.40. The van der Waals surface area contributed by atoms with Crippen molar-refractivity contribution in [2.45, 2.75) is 58.0 Å². The Kier molecular flexibility index (Phi) is 5.81. The summed E-state index contributed by atoms with van der Waals surface area (Å²) in [6.45, 7) is 3.81. The van der Waals surface area contributed by atoms with Crippen LogP contribution in [0.4, 0.5) is 0 Å². The van der Waals surface area contributed by atoms with Gasteiger partial charge in [0.05, 0.1) is 23.9 Å². The van der Waals surface area contributed by atoms with Crippen molar-refractivity contribution < 1.29 is 19.4 Å². The predicted octanol–water partition coefficient (Wildman–Crippen LogP) is 4.46. The normalized spacial score (nSPS) is 21.5. The number of aliphatic hydroxyl groups excluding tert-OH is 1. The molecule has 4 rings (SSSR count). The molecule has 162 valence electrons. The van der Waals surface area contributed by atoms with Crippen LogP contribution >= 0.6 is 0 Å². The van der Waals surface area contributed by atoms with E-state index in [1.165, 1.54) is 7.11 Å². The maximum atomic E-state index is 13.2. The lowest BCUT2D eigenvalue weighted by atomic mass is 9.92.